The van der Waals surface area contributed by atoms with Crippen LogP contribution in [0, 0.1) is 0 Å². The Labute approximate surface area is 117 Å². The number of nitrogens with zero attached hydrogens (tertiary/aromatic N) is 2. The van der Waals surface area contributed by atoms with Crippen LogP contribution in [0.2, 0.25) is 5.02 Å². The van der Waals surface area contributed by atoms with Crippen LogP contribution in [0.15, 0.2) is 24.3 Å². The minimum atomic E-state index is 0.575. The third-order valence-corrected chi connectivity index (χ3v) is 3.13. The predicted octanol–water partition coefficient (Wildman–Crippen LogP) is 3.41. The molecular formula is C14H16ClN3O. The summed E-state index contributed by atoms with van der Waals surface area (Å²) in [6.07, 6.45) is 0.830. The molecule has 2 aromatic rings. The molecule has 0 atom stereocenters. The first-order valence-corrected chi connectivity index (χ1v) is 6.46. The molecule has 0 saturated carbocycles. The van der Waals surface area contributed by atoms with Crippen LogP contribution in [0.1, 0.15) is 12.6 Å². The monoisotopic (exact) mass is 277 g/mol. The van der Waals surface area contributed by atoms with Crippen LogP contribution in [0.25, 0.3) is 11.4 Å². The van der Waals surface area contributed by atoms with Crippen LogP contribution in [0.3, 0.4) is 0 Å². The first-order valence-electron chi connectivity index (χ1n) is 6.08. The molecule has 0 spiro atoms. The highest BCUT2D eigenvalue weighted by Crippen LogP contribution is 2.34. The fourth-order valence-corrected chi connectivity index (χ4v) is 2.06. The highest BCUT2D eigenvalue weighted by atomic mass is 35.5. The number of nitrogens with one attached hydrogen (secondary N) is 1. The molecule has 2 rings (SSSR count). The van der Waals surface area contributed by atoms with Crippen LogP contribution >= 0.6 is 11.6 Å². The Morgan fingerprint density at radius 2 is 2.11 bits per heavy atom. The average molecular weight is 278 g/mol. The maximum Gasteiger partial charge on any atom is 0.167 e. The van der Waals surface area contributed by atoms with Gasteiger partial charge < -0.3 is 10.1 Å². The van der Waals surface area contributed by atoms with Gasteiger partial charge in [0.15, 0.2) is 5.82 Å². The second kappa shape index (κ2) is 5.89. The summed E-state index contributed by atoms with van der Waals surface area (Å²) in [5.41, 5.74) is 1.68. The van der Waals surface area contributed by atoms with Crippen LogP contribution < -0.4 is 10.1 Å². The van der Waals surface area contributed by atoms with Gasteiger partial charge in [-0.25, -0.2) is 9.97 Å². The van der Waals surface area contributed by atoms with Crippen LogP contribution in [-0.2, 0) is 6.42 Å². The van der Waals surface area contributed by atoms with Gasteiger partial charge in [-0.1, -0.05) is 24.6 Å². The molecule has 0 unspecified atom stereocenters. The third kappa shape index (κ3) is 2.79. The normalized spacial score (nSPS) is 10.3. The molecule has 100 valence electrons. The van der Waals surface area contributed by atoms with Crippen molar-refractivity contribution in [2.24, 2.45) is 0 Å². The van der Waals surface area contributed by atoms with Gasteiger partial charge in [0.2, 0.25) is 0 Å². The largest absolute Gasteiger partial charge is 0.496 e. The van der Waals surface area contributed by atoms with E-state index < -0.39 is 0 Å². The van der Waals surface area contributed by atoms with Crippen molar-refractivity contribution in [3.05, 3.63) is 35.0 Å². The van der Waals surface area contributed by atoms with Crippen molar-refractivity contribution in [3.63, 3.8) is 0 Å². The number of halogens is 1. The molecule has 0 saturated heterocycles. The molecule has 1 aromatic carbocycles. The number of methoxy groups -OCH3 is 1. The van der Waals surface area contributed by atoms with Gasteiger partial charge in [0.1, 0.15) is 11.6 Å². The minimum absolute atomic E-state index is 0.575. The molecule has 0 fully saturated rings. The van der Waals surface area contributed by atoms with Gasteiger partial charge in [-0.15, -0.1) is 0 Å². The molecule has 1 heterocycles. The Bertz CT molecular complexity index is 565. The van der Waals surface area contributed by atoms with Crippen molar-refractivity contribution in [1.29, 1.82) is 0 Å². The van der Waals surface area contributed by atoms with Gasteiger partial charge in [-0.2, -0.15) is 0 Å². The molecule has 5 heteroatoms. The zero-order valence-electron chi connectivity index (χ0n) is 11.2. The van der Waals surface area contributed by atoms with Gasteiger partial charge in [0.25, 0.3) is 0 Å². The lowest BCUT2D eigenvalue weighted by atomic mass is 10.1. The Balaban J connectivity index is 2.64. The third-order valence-electron chi connectivity index (χ3n) is 2.82. The second-order valence-corrected chi connectivity index (χ2v) is 4.40. The number of benzene rings is 1. The quantitative estimate of drug-likeness (QED) is 0.930. The fraction of sp³-hybridized carbons (Fsp3) is 0.286. The van der Waals surface area contributed by atoms with Gasteiger partial charge in [0, 0.05) is 18.8 Å². The van der Waals surface area contributed by atoms with E-state index in [-0.39, 0.29) is 0 Å². The lowest BCUT2D eigenvalue weighted by Crippen LogP contribution is -2.01. The van der Waals surface area contributed by atoms with E-state index in [1.54, 1.807) is 13.2 Å². The number of hydrogen-bond donors (Lipinski definition) is 1. The van der Waals surface area contributed by atoms with Gasteiger partial charge in [-0.05, 0) is 18.6 Å². The summed E-state index contributed by atoms with van der Waals surface area (Å²) < 4.78 is 5.34. The molecule has 1 N–H and O–H groups in total. The van der Waals surface area contributed by atoms with Crippen LogP contribution in [-0.4, -0.2) is 24.1 Å². The molecule has 0 amide bonds. The van der Waals surface area contributed by atoms with E-state index in [1.165, 1.54) is 0 Å². The van der Waals surface area contributed by atoms with E-state index in [4.69, 9.17) is 16.3 Å². The van der Waals surface area contributed by atoms with E-state index in [1.807, 2.05) is 25.2 Å². The maximum atomic E-state index is 6.25. The Kier molecular flexibility index (Phi) is 4.22. The smallest absolute Gasteiger partial charge is 0.167 e. The summed E-state index contributed by atoms with van der Waals surface area (Å²) in [5.74, 6) is 2.01. The first kappa shape index (κ1) is 13.6. The second-order valence-electron chi connectivity index (χ2n) is 3.99. The van der Waals surface area contributed by atoms with Gasteiger partial charge >= 0.3 is 0 Å². The van der Waals surface area contributed by atoms with Gasteiger partial charge in [-0.3, -0.25) is 0 Å². The number of rotatable bonds is 4. The van der Waals surface area contributed by atoms with Crippen molar-refractivity contribution in [3.8, 4) is 17.1 Å². The van der Waals surface area contributed by atoms with E-state index in [0.717, 1.165) is 23.5 Å². The molecule has 0 aliphatic rings. The molecule has 1 aromatic heterocycles. The van der Waals surface area contributed by atoms with Crippen LogP contribution in [0.5, 0.6) is 5.75 Å². The molecule has 4 nitrogen and oxygen atoms in total. The minimum Gasteiger partial charge on any atom is -0.496 e. The topological polar surface area (TPSA) is 47.0 Å². The SMILES string of the molecule is CCc1cc(NC)nc(-c2c(Cl)cccc2OC)n1. The zero-order valence-corrected chi connectivity index (χ0v) is 12.0. The number of aryl methyl sites for hydroxylation is 1. The van der Waals surface area contributed by atoms with Crippen molar-refractivity contribution in [1.82, 2.24) is 9.97 Å². The van der Waals surface area contributed by atoms with Crippen molar-refractivity contribution < 1.29 is 4.74 Å². The highest BCUT2D eigenvalue weighted by molar-refractivity contribution is 6.33. The van der Waals surface area contributed by atoms with E-state index in [0.29, 0.717) is 16.6 Å². The summed E-state index contributed by atoms with van der Waals surface area (Å²) in [5, 5.41) is 3.61. The Morgan fingerprint density at radius 1 is 1.32 bits per heavy atom. The number of anilines is 1. The zero-order chi connectivity index (χ0) is 13.8. The molecule has 19 heavy (non-hydrogen) atoms. The van der Waals surface area contributed by atoms with E-state index >= 15 is 0 Å². The molecule has 0 bridgehead atoms. The summed E-state index contributed by atoms with van der Waals surface area (Å²) in [6.45, 7) is 2.05. The van der Waals surface area contributed by atoms with E-state index in [2.05, 4.69) is 22.2 Å². The standard InChI is InChI=1S/C14H16ClN3O/c1-4-9-8-12(16-2)18-14(17-9)13-10(15)6-5-7-11(13)19-3/h5-8H,4H2,1-3H3,(H,16,17,18). The number of hydrogen-bond acceptors (Lipinski definition) is 4. The molecule has 0 radical (unpaired) electrons. The molecular weight excluding hydrogens is 262 g/mol. The lowest BCUT2D eigenvalue weighted by Gasteiger charge is -2.11. The predicted molar refractivity (Wildman–Crippen MR) is 78.0 cm³/mol. The van der Waals surface area contributed by atoms with Crippen LogP contribution in [0.4, 0.5) is 5.82 Å². The van der Waals surface area contributed by atoms with Gasteiger partial charge in [0.05, 0.1) is 17.7 Å². The fourth-order valence-electron chi connectivity index (χ4n) is 1.81. The lowest BCUT2D eigenvalue weighted by molar-refractivity contribution is 0.416. The summed E-state index contributed by atoms with van der Waals surface area (Å²) in [6, 6.07) is 7.42. The molecule has 0 aliphatic carbocycles. The maximum absolute atomic E-state index is 6.25. The summed E-state index contributed by atoms with van der Waals surface area (Å²) >= 11 is 6.25. The van der Waals surface area contributed by atoms with E-state index in [9.17, 15) is 0 Å². The molecule has 0 aliphatic heterocycles. The number of aromatic nitrogens is 2. The van der Waals surface area contributed by atoms with Crippen molar-refractivity contribution in [2.75, 3.05) is 19.5 Å². The summed E-state index contributed by atoms with van der Waals surface area (Å²) in [4.78, 5) is 8.98. The van der Waals surface area contributed by atoms with Crippen molar-refractivity contribution >= 4 is 17.4 Å². The summed E-state index contributed by atoms with van der Waals surface area (Å²) in [7, 11) is 3.44. The highest BCUT2D eigenvalue weighted by Gasteiger charge is 2.14. The first-order chi connectivity index (χ1) is 9.19. The number of ether oxygens (including phenoxy) is 1. The Morgan fingerprint density at radius 3 is 2.74 bits per heavy atom. The van der Waals surface area contributed by atoms with Crippen molar-refractivity contribution in [2.45, 2.75) is 13.3 Å². The Hall–Kier alpha value is -1.81. The average Bonchev–Trinajstić information content (AvgIpc) is 2.46.